The van der Waals surface area contributed by atoms with Crippen LogP contribution < -0.4 is 10.2 Å². The molecule has 136 valence electrons. The minimum atomic E-state index is 0.154. The van der Waals surface area contributed by atoms with E-state index in [0.29, 0.717) is 25.0 Å². The Morgan fingerprint density at radius 1 is 1.20 bits per heavy atom. The fourth-order valence-electron chi connectivity index (χ4n) is 4.19. The lowest BCUT2D eigenvalue weighted by Crippen LogP contribution is -2.49. The Labute approximate surface area is 150 Å². The zero-order chi connectivity index (χ0) is 18.0. The van der Waals surface area contributed by atoms with Gasteiger partial charge in [0.05, 0.1) is 6.54 Å². The Morgan fingerprint density at radius 3 is 2.56 bits per heavy atom. The van der Waals surface area contributed by atoms with E-state index in [4.69, 9.17) is 0 Å². The summed E-state index contributed by atoms with van der Waals surface area (Å²) >= 11 is 0. The molecule has 0 aromatic heterocycles. The van der Waals surface area contributed by atoms with Crippen molar-refractivity contribution in [1.29, 1.82) is 0 Å². The number of hydrogen-bond acceptors (Lipinski definition) is 3. The highest BCUT2D eigenvalue weighted by Crippen LogP contribution is 2.30. The van der Waals surface area contributed by atoms with Crippen molar-refractivity contribution in [3.63, 3.8) is 0 Å². The number of anilines is 2. The Kier molecular flexibility index (Phi) is 5.30. The van der Waals surface area contributed by atoms with Crippen LogP contribution in [0.2, 0.25) is 0 Å². The molecular weight excluding hydrogens is 314 g/mol. The van der Waals surface area contributed by atoms with Gasteiger partial charge in [0.1, 0.15) is 0 Å². The van der Waals surface area contributed by atoms with Gasteiger partial charge in [-0.05, 0) is 64.2 Å². The van der Waals surface area contributed by atoms with Crippen LogP contribution in [0.1, 0.15) is 51.5 Å². The number of nitrogens with one attached hydrogen (secondary N) is 1. The SMILES string of the molecule is Cc1c(NCC(=O)N2[C@H](C)CCC[C@@H]2C)cccc1N1CCCC1=O. The number of rotatable bonds is 4. The van der Waals surface area contributed by atoms with E-state index in [1.54, 1.807) is 0 Å². The van der Waals surface area contributed by atoms with Crippen molar-refractivity contribution in [3.05, 3.63) is 23.8 Å². The van der Waals surface area contributed by atoms with Gasteiger partial charge < -0.3 is 15.1 Å². The summed E-state index contributed by atoms with van der Waals surface area (Å²) in [4.78, 5) is 28.6. The van der Waals surface area contributed by atoms with Crippen molar-refractivity contribution in [2.24, 2.45) is 0 Å². The summed E-state index contributed by atoms with van der Waals surface area (Å²) in [7, 11) is 0. The van der Waals surface area contributed by atoms with E-state index < -0.39 is 0 Å². The molecule has 2 aliphatic rings. The average molecular weight is 343 g/mol. The molecule has 2 heterocycles. The summed E-state index contributed by atoms with van der Waals surface area (Å²) in [6.45, 7) is 7.37. The van der Waals surface area contributed by atoms with Gasteiger partial charge in [-0.15, -0.1) is 0 Å². The van der Waals surface area contributed by atoms with Crippen LogP contribution in [0.5, 0.6) is 0 Å². The standard InChI is InChI=1S/C20H29N3O2/c1-14-7-4-8-15(2)23(14)20(25)13-21-17-9-5-10-18(16(17)3)22-12-6-11-19(22)24/h5,9-10,14-15,21H,4,6-8,11-13H2,1-3H3/t14-,15+. The van der Waals surface area contributed by atoms with Gasteiger partial charge in [-0.2, -0.15) is 0 Å². The number of piperidine rings is 1. The number of amides is 2. The molecule has 0 bridgehead atoms. The van der Waals surface area contributed by atoms with E-state index >= 15 is 0 Å². The van der Waals surface area contributed by atoms with E-state index in [9.17, 15) is 9.59 Å². The molecule has 5 heteroatoms. The molecule has 1 N–H and O–H groups in total. The van der Waals surface area contributed by atoms with E-state index in [0.717, 1.165) is 42.7 Å². The molecule has 0 saturated carbocycles. The molecular formula is C20H29N3O2. The van der Waals surface area contributed by atoms with Gasteiger partial charge in [0.25, 0.3) is 0 Å². The number of hydrogen-bond donors (Lipinski definition) is 1. The second kappa shape index (κ2) is 7.46. The Morgan fingerprint density at radius 2 is 1.92 bits per heavy atom. The molecule has 2 amide bonds. The van der Waals surface area contributed by atoms with Crippen LogP contribution in [0.15, 0.2) is 18.2 Å². The van der Waals surface area contributed by atoms with Crippen LogP contribution in [-0.4, -0.2) is 41.9 Å². The van der Waals surface area contributed by atoms with Gasteiger partial charge in [0.15, 0.2) is 0 Å². The zero-order valence-corrected chi connectivity index (χ0v) is 15.5. The lowest BCUT2D eigenvalue weighted by molar-refractivity contribution is -0.135. The maximum Gasteiger partial charge on any atom is 0.242 e. The summed E-state index contributed by atoms with van der Waals surface area (Å²) in [5, 5.41) is 3.30. The fraction of sp³-hybridized carbons (Fsp3) is 0.600. The second-order valence-corrected chi connectivity index (χ2v) is 7.38. The molecule has 0 spiro atoms. The first-order valence-corrected chi connectivity index (χ1v) is 9.44. The maximum absolute atomic E-state index is 12.7. The third-order valence-corrected chi connectivity index (χ3v) is 5.58. The molecule has 1 aromatic rings. The summed E-state index contributed by atoms with van der Waals surface area (Å²) < 4.78 is 0. The Bertz CT molecular complexity index is 648. The first kappa shape index (κ1) is 17.8. The first-order chi connectivity index (χ1) is 12.0. The molecule has 0 unspecified atom stereocenters. The number of carbonyl (C=O) groups is 2. The fourth-order valence-corrected chi connectivity index (χ4v) is 4.19. The lowest BCUT2D eigenvalue weighted by Gasteiger charge is -2.39. The average Bonchev–Trinajstić information content (AvgIpc) is 2.99. The van der Waals surface area contributed by atoms with Gasteiger partial charge in [0.2, 0.25) is 11.8 Å². The molecule has 2 fully saturated rings. The van der Waals surface area contributed by atoms with Crippen molar-refractivity contribution in [2.45, 2.75) is 65.0 Å². The molecule has 5 nitrogen and oxygen atoms in total. The zero-order valence-electron chi connectivity index (χ0n) is 15.5. The van der Waals surface area contributed by atoms with Crippen molar-refractivity contribution in [3.8, 4) is 0 Å². The minimum Gasteiger partial charge on any atom is -0.376 e. The molecule has 25 heavy (non-hydrogen) atoms. The minimum absolute atomic E-state index is 0.154. The molecule has 0 aliphatic carbocycles. The van der Waals surface area contributed by atoms with Crippen LogP contribution in [0, 0.1) is 6.92 Å². The van der Waals surface area contributed by atoms with Crippen LogP contribution in [0.3, 0.4) is 0 Å². The van der Waals surface area contributed by atoms with Gasteiger partial charge in [-0.1, -0.05) is 6.07 Å². The topological polar surface area (TPSA) is 52.7 Å². The summed E-state index contributed by atoms with van der Waals surface area (Å²) in [6.07, 6.45) is 4.91. The number of benzene rings is 1. The predicted molar refractivity (Wildman–Crippen MR) is 101 cm³/mol. The maximum atomic E-state index is 12.7. The number of nitrogens with zero attached hydrogens (tertiary/aromatic N) is 2. The normalized spacial score (nSPS) is 23.9. The van der Waals surface area contributed by atoms with Gasteiger partial charge in [0, 0.05) is 36.4 Å². The molecule has 0 radical (unpaired) electrons. The molecule has 2 aliphatic heterocycles. The Balaban J connectivity index is 1.69. The lowest BCUT2D eigenvalue weighted by atomic mass is 9.97. The molecule has 1 aromatic carbocycles. The van der Waals surface area contributed by atoms with Crippen molar-refractivity contribution >= 4 is 23.2 Å². The van der Waals surface area contributed by atoms with Crippen molar-refractivity contribution in [1.82, 2.24) is 4.90 Å². The largest absolute Gasteiger partial charge is 0.376 e. The van der Waals surface area contributed by atoms with E-state index in [1.165, 1.54) is 6.42 Å². The monoisotopic (exact) mass is 343 g/mol. The third-order valence-electron chi connectivity index (χ3n) is 5.58. The third kappa shape index (κ3) is 3.65. The summed E-state index contributed by atoms with van der Waals surface area (Å²) in [5.74, 6) is 0.342. The molecule has 3 rings (SSSR count). The Hall–Kier alpha value is -2.04. The molecule has 2 saturated heterocycles. The number of likely N-dealkylation sites (tertiary alicyclic amines) is 1. The van der Waals surface area contributed by atoms with Crippen LogP contribution in [0.25, 0.3) is 0 Å². The second-order valence-electron chi connectivity index (χ2n) is 7.38. The van der Waals surface area contributed by atoms with Gasteiger partial charge >= 0.3 is 0 Å². The van der Waals surface area contributed by atoms with Gasteiger partial charge in [-0.25, -0.2) is 0 Å². The van der Waals surface area contributed by atoms with Crippen molar-refractivity contribution in [2.75, 3.05) is 23.3 Å². The quantitative estimate of drug-likeness (QED) is 0.912. The highest BCUT2D eigenvalue weighted by molar-refractivity contribution is 5.97. The molecule has 2 atom stereocenters. The highest BCUT2D eigenvalue weighted by atomic mass is 16.2. The highest BCUT2D eigenvalue weighted by Gasteiger charge is 2.29. The van der Waals surface area contributed by atoms with E-state index in [2.05, 4.69) is 19.2 Å². The number of carbonyl (C=O) groups excluding carboxylic acids is 2. The van der Waals surface area contributed by atoms with Crippen LogP contribution in [-0.2, 0) is 9.59 Å². The smallest absolute Gasteiger partial charge is 0.242 e. The predicted octanol–water partition coefficient (Wildman–Crippen LogP) is 3.32. The van der Waals surface area contributed by atoms with E-state index in [-0.39, 0.29) is 11.8 Å². The van der Waals surface area contributed by atoms with Crippen LogP contribution >= 0.6 is 0 Å². The van der Waals surface area contributed by atoms with E-state index in [1.807, 2.05) is 34.9 Å². The summed E-state index contributed by atoms with van der Waals surface area (Å²) in [5.41, 5.74) is 2.92. The first-order valence-electron chi connectivity index (χ1n) is 9.44. The van der Waals surface area contributed by atoms with Gasteiger partial charge in [-0.3, -0.25) is 9.59 Å². The van der Waals surface area contributed by atoms with Crippen LogP contribution in [0.4, 0.5) is 11.4 Å². The van der Waals surface area contributed by atoms with Crippen molar-refractivity contribution < 1.29 is 9.59 Å². The summed E-state index contributed by atoms with van der Waals surface area (Å²) in [6, 6.07) is 6.54.